The topological polar surface area (TPSA) is 72.2 Å². The summed E-state index contributed by atoms with van der Waals surface area (Å²) >= 11 is 0. The van der Waals surface area contributed by atoms with Crippen molar-refractivity contribution in [3.05, 3.63) is 23.3 Å². The highest BCUT2D eigenvalue weighted by Crippen LogP contribution is 2.15. The van der Waals surface area contributed by atoms with Gasteiger partial charge in [-0.3, -0.25) is 4.79 Å². The molecule has 1 amide bonds. The van der Waals surface area contributed by atoms with Crippen molar-refractivity contribution in [3.63, 3.8) is 0 Å². The third-order valence-corrected chi connectivity index (χ3v) is 3.94. The van der Waals surface area contributed by atoms with E-state index in [0.29, 0.717) is 18.6 Å². The molecule has 0 spiro atoms. The second-order valence-electron chi connectivity index (χ2n) is 5.31. The van der Waals surface area contributed by atoms with E-state index in [2.05, 4.69) is 34.2 Å². The number of nitrogens with zero attached hydrogens (tertiary/aromatic N) is 4. The molecule has 2 aromatic heterocycles. The summed E-state index contributed by atoms with van der Waals surface area (Å²) in [6, 6.07) is 0.274. The number of aromatic nitrogens is 4. The molecule has 0 radical (unpaired) electrons. The Labute approximate surface area is 125 Å². The minimum absolute atomic E-state index is 0.0983. The number of hydrogen-bond acceptors (Lipinski definition) is 4. The molecule has 0 unspecified atom stereocenters. The largest absolute Gasteiger partial charge is 0.353 e. The minimum atomic E-state index is 0.0983. The average molecular weight is 289 g/mol. The number of carbonyl (C=O) groups is 1. The number of carbonyl (C=O) groups excluding carboxylic acids is 1. The Morgan fingerprint density at radius 2 is 2.05 bits per heavy atom. The van der Waals surface area contributed by atoms with Gasteiger partial charge in [-0.2, -0.15) is 10.1 Å². The van der Waals surface area contributed by atoms with Crippen LogP contribution in [0.1, 0.15) is 50.1 Å². The van der Waals surface area contributed by atoms with Crippen molar-refractivity contribution in [1.82, 2.24) is 24.9 Å². The van der Waals surface area contributed by atoms with Crippen LogP contribution in [0.3, 0.4) is 0 Å². The van der Waals surface area contributed by atoms with Gasteiger partial charge in [0.25, 0.3) is 5.78 Å². The monoisotopic (exact) mass is 289 g/mol. The van der Waals surface area contributed by atoms with Gasteiger partial charge in [-0.1, -0.05) is 13.8 Å². The van der Waals surface area contributed by atoms with E-state index >= 15 is 0 Å². The average Bonchev–Trinajstić information content (AvgIpc) is 2.92. The van der Waals surface area contributed by atoms with E-state index in [1.54, 1.807) is 4.52 Å². The summed E-state index contributed by atoms with van der Waals surface area (Å²) in [6.45, 7) is 8.12. The first-order chi connectivity index (χ1) is 10.1. The lowest BCUT2D eigenvalue weighted by Gasteiger charge is -2.15. The Morgan fingerprint density at radius 1 is 1.33 bits per heavy atom. The van der Waals surface area contributed by atoms with E-state index in [1.807, 2.05) is 13.8 Å². The predicted octanol–water partition coefficient (Wildman–Crippen LogP) is 1.98. The van der Waals surface area contributed by atoms with Gasteiger partial charge in [-0.15, -0.1) is 0 Å². The van der Waals surface area contributed by atoms with E-state index in [-0.39, 0.29) is 11.9 Å². The summed E-state index contributed by atoms with van der Waals surface area (Å²) in [5.41, 5.74) is 3.00. The van der Waals surface area contributed by atoms with Crippen LogP contribution in [-0.4, -0.2) is 31.5 Å². The van der Waals surface area contributed by atoms with Crippen molar-refractivity contribution < 1.29 is 4.79 Å². The van der Waals surface area contributed by atoms with Crippen molar-refractivity contribution >= 4 is 11.7 Å². The standard InChI is InChI=1S/C15H23N5O/c1-5-12(6-2)19-14(21)8-7-13-10(3)18-15-16-9-17-20(15)11(13)4/h9,12H,5-8H2,1-4H3,(H,19,21). The zero-order valence-corrected chi connectivity index (χ0v) is 13.2. The maximum absolute atomic E-state index is 12.0. The Bertz CT molecular complexity index is 630. The Balaban J connectivity index is 2.08. The lowest BCUT2D eigenvalue weighted by atomic mass is 10.1. The fraction of sp³-hybridized carbons (Fsp3) is 0.600. The molecule has 0 fully saturated rings. The molecule has 2 aromatic rings. The number of amides is 1. The van der Waals surface area contributed by atoms with Crippen molar-refractivity contribution in [2.75, 3.05) is 0 Å². The molecule has 0 aliphatic carbocycles. The Morgan fingerprint density at radius 3 is 2.71 bits per heavy atom. The lowest BCUT2D eigenvalue weighted by molar-refractivity contribution is -0.121. The van der Waals surface area contributed by atoms with Gasteiger partial charge in [-0.05, 0) is 38.7 Å². The molecule has 2 heterocycles. The van der Waals surface area contributed by atoms with E-state index in [1.165, 1.54) is 6.33 Å². The lowest BCUT2D eigenvalue weighted by Crippen LogP contribution is -2.34. The van der Waals surface area contributed by atoms with Crippen LogP contribution in [0.2, 0.25) is 0 Å². The predicted molar refractivity (Wildman–Crippen MR) is 81.1 cm³/mol. The van der Waals surface area contributed by atoms with Gasteiger partial charge in [0.2, 0.25) is 5.91 Å². The van der Waals surface area contributed by atoms with Crippen LogP contribution < -0.4 is 5.32 Å². The molecule has 6 heteroatoms. The maximum Gasteiger partial charge on any atom is 0.252 e. The first kappa shape index (κ1) is 15.4. The van der Waals surface area contributed by atoms with Gasteiger partial charge < -0.3 is 5.32 Å². The molecule has 1 N–H and O–H groups in total. The van der Waals surface area contributed by atoms with E-state index in [4.69, 9.17) is 0 Å². The van der Waals surface area contributed by atoms with Crippen molar-refractivity contribution in [2.45, 2.75) is 59.4 Å². The molecule has 0 bridgehead atoms. The fourth-order valence-electron chi connectivity index (χ4n) is 2.55. The summed E-state index contributed by atoms with van der Waals surface area (Å²) in [5, 5.41) is 7.23. The molecule has 0 aromatic carbocycles. The zero-order valence-electron chi connectivity index (χ0n) is 13.2. The molecule has 114 valence electrons. The molecule has 0 saturated heterocycles. The highest BCUT2D eigenvalue weighted by molar-refractivity contribution is 5.76. The molecule has 6 nitrogen and oxygen atoms in total. The highest BCUT2D eigenvalue weighted by atomic mass is 16.1. The number of fused-ring (bicyclic) bond motifs is 1. The van der Waals surface area contributed by atoms with Crippen LogP contribution >= 0.6 is 0 Å². The summed E-state index contributed by atoms with van der Waals surface area (Å²) in [5.74, 6) is 0.705. The molecule has 0 saturated carbocycles. The van der Waals surface area contributed by atoms with Crippen molar-refractivity contribution in [1.29, 1.82) is 0 Å². The summed E-state index contributed by atoms with van der Waals surface area (Å²) in [7, 11) is 0. The molecular weight excluding hydrogens is 266 g/mol. The Hall–Kier alpha value is -1.98. The SMILES string of the molecule is CCC(CC)NC(=O)CCc1c(C)nc2ncnn2c1C. The normalized spacial score (nSPS) is 11.3. The number of aryl methyl sites for hydroxylation is 2. The van der Waals surface area contributed by atoms with Crippen LogP contribution in [0.15, 0.2) is 6.33 Å². The fourth-order valence-corrected chi connectivity index (χ4v) is 2.55. The van der Waals surface area contributed by atoms with E-state index in [0.717, 1.165) is 29.8 Å². The molecule has 21 heavy (non-hydrogen) atoms. The summed E-state index contributed by atoms with van der Waals surface area (Å²) < 4.78 is 1.72. The Kier molecular flexibility index (Phi) is 4.88. The highest BCUT2D eigenvalue weighted by Gasteiger charge is 2.13. The van der Waals surface area contributed by atoms with Crippen LogP contribution in [0.25, 0.3) is 5.78 Å². The first-order valence-electron chi connectivity index (χ1n) is 7.52. The van der Waals surface area contributed by atoms with Gasteiger partial charge in [0.05, 0.1) is 0 Å². The third-order valence-electron chi connectivity index (χ3n) is 3.94. The third kappa shape index (κ3) is 3.37. The second kappa shape index (κ2) is 6.65. The second-order valence-corrected chi connectivity index (χ2v) is 5.31. The molecule has 2 rings (SSSR count). The number of rotatable bonds is 6. The van der Waals surface area contributed by atoms with Gasteiger partial charge >= 0.3 is 0 Å². The summed E-state index contributed by atoms with van der Waals surface area (Å²) in [4.78, 5) is 20.5. The van der Waals surface area contributed by atoms with Gasteiger partial charge in [0.1, 0.15) is 6.33 Å². The smallest absolute Gasteiger partial charge is 0.252 e. The van der Waals surface area contributed by atoms with Gasteiger partial charge in [0, 0.05) is 23.9 Å². The number of nitrogens with one attached hydrogen (secondary N) is 1. The minimum Gasteiger partial charge on any atom is -0.353 e. The van der Waals surface area contributed by atoms with E-state index < -0.39 is 0 Å². The maximum atomic E-state index is 12.0. The molecule has 0 aliphatic heterocycles. The van der Waals surface area contributed by atoms with Crippen LogP contribution in [0, 0.1) is 13.8 Å². The first-order valence-corrected chi connectivity index (χ1v) is 7.52. The van der Waals surface area contributed by atoms with Crippen molar-refractivity contribution in [2.24, 2.45) is 0 Å². The van der Waals surface area contributed by atoms with E-state index in [9.17, 15) is 4.79 Å². The van der Waals surface area contributed by atoms with Gasteiger partial charge in [-0.25, -0.2) is 9.50 Å². The van der Waals surface area contributed by atoms with Crippen molar-refractivity contribution in [3.8, 4) is 0 Å². The summed E-state index contributed by atoms with van der Waals surface area (Å²) in [6.07, 6.45) is 4.57. The van der Waals surface area contributed by atoms with Gasteiger partial charge in [0.15, 0.2) is 0 Å². The van der Waals surface area contributed by atoms with Crippen LogP contribution in [0.4, 0.5) is 0 Å². The molecular formula is C15H23N5O. The quantitative estimate of drug-likeness (QED) is 0.882. The molecule has 0 aliphatic rings. The zero-order chi connectivity index (χ0) is 15.4. The number of hydrogen-bond donors (Lipinski definition) is 1. The van der Waals surface area contributed by atoms with Crippen LogP contribution in [-0.2, 0) is 11.2 Å². The molecule has 0 atom stereocenters. The van der Waals surface area contributed by atoms with Crippen LogP contribution in [0.5, 0.6) is 0 Å².